The standard InChI is InChI=1S/C14H19ClFN3O/c1-18(9-10-19-7-5-17-6-8-19)14(20)13-11(15)3-2-4-12(13)16/h2-4,17H,5-10H2,1H3. The molecular weight excluding hydrogens is 281 g/mol. The van der Waals surface area contributed by atoms with Gasteiger partial charge < -0.3 is 10.2 Å². The van der Waals surface area contributed by atoms with Crippen LogP contribution in [0, 0.1) is 5.82 Å². The molecule has 1 aromatic rings. The van der Waals surface area contributed by atoms with Gasteiger partial charge in [0.05, 0.1) is 10.6 Å². The molecule has 0 aromatic heterocycles. The molecule has 1 fully saturated rings. The van der Waals surface area contributed by atoms with Crippen molar-refractivity contribution in [1.82, 2.24) is 15.1 Å². The third-order valence-electron chi connectivity index (χ3n) is 3.48. The molecule has 1 heterocycles. The zero-order chi connectivity index (χ0) is 14.5. The van der Waals surface area contributed by atoms with Crippen molar-refractivity contribution in [3.05, 3.63) is 34.6 Å². The highest BCUT2D eigenvalue weighted by Crippen LogP contribution is 2.20. The van der Waals surface area contributed by atoms with Gasteiger partial charge in [-0.15, -0.1) is 0 Å². The normalized spacial score (nSPS) is 16.1. The van der Waals surface area contributed by atoms with Crippen molar-refractivity contribution >= 4 is 17.5 Å². The number of hydrogen-bond acceptors (Lipinski definition) is 3. The van der Waals surface area contributed by atoms with Gasteiger partial charge in [0.1, 0.15) is 5.82 Å². The van der Waals surface area contributed by atoms with E-state index in [9.17, 15) is 9.18 Å². The molecule has 0 unspecified atom stereocenters. The summed E-state index contributed by atoms with van der Waals surface area (Å²) in [6.07, 6.45) is 0. The zero-order valence-electron chi connectivity index (χ0n) is 11.5. The number of rotatable bonds is 4. The second kappa shape index (κ2) is 7.02. The van der Waals surface area contributed by atoms with Crippen LogP contribution in [0.2, 0.25) is 5.02 Å². The van der Waals surface area contributed by atoms with Gasteiger partial charge in [0.25, 0.3) is 5.91 Å². The monoisotopic (exact) mass is 299 g/mol. The lowest BCUT2D eigenvalue weighted by Gasteiger charge is -2.29. The quantitative estimate of drug-likeness (QED) is 0.914. The number of nitrogens with one attached hydrogen (secondary N) is 1. The highest BCUT2D eigenvalue weighted by Gasteiger charge is 2.20. The van der Waals surface area contributed by atoms with Crippen LogP contribution in [0.3, 0.4) is 0 Å². The van der Waals surface area contributed by atoms with E-state index in [1.54, 1.807) is 7.05 Å². The average Bonchev–Trinajstić information content (AvgIpc) is 2.45. The lowest BCUT2D eigenvalue weighted by molar-refractivity contribution is 0.0770. The van der Waals surface area contributed by atoms with Gasteiger partial charge in [0.2, 0.25) is 0 Å². The van der Waals surface area contributed by atoms with Crippen molar-refractivity contribution in [2.24, 2.45) is 0 Å². The predicted molar refractivity (Wildman–Crippen MR) is 77.7 cm³/mol. The van der Waals surface area contributed by atoms with Crippen LogP contribution in [-0.2, 0) is 0 Å². The van der Waals surface area contributed by atoms with Gasteiger partial charge in [-0.1, -0.05) is 17.7 Å². The lowest BCUT2D eigenvalue weighted by Crippen LogP contribution is -2.46. The van der Waals surface area contributed by atoms with E-state index in [1.165, 1.54) is 23.1 Å². The molecule has 1 amide bonds. The van der Waals surface area contributed by atoms with E-state index in [0.717, 1.165) is 32.7 Å². The molecule has 6 heteroatoms. The molecule has 4 nitrogen and oxygen atoms in total. The first-order valence-corrected chi connectivity index (χ1v) is 7.10. The minimum Gasteiger partial charge on any atom is -0.340 e. The van der Waals surface area contributed by atoms with Crippen LogP contribution >= 0.6 is 11.6 Å². The number of carbonyl (C=O) groups excluding carboxylic acids is 1. The topological polar surface area (TPSA) is 35.6 Å². The fourth-order valence-electron chi connectivity index (χ4n) is 2.22. The summed E-state index contributed by atoms with van der Waals surface area (Å²) in [5.74, 6) is -0.945. The van der Waals surface area contributed by atoms with Crippen molar-refractivity contribution in [1.29, 1.82) is 0 Å². The molecule has 1 N–H and O–H groups in total. The van der Waals surface area contributed by atoms with Crippen molar-refractivity contribution in [2.75, 3.05) is 46.3 Å². The molecule has 1 saturated heterocycles. The number of nitrogens with zero attached hydrogens (tertiary/aromatic N) is 2. The maximum Gasteiger partial charge on any atom is 0.258 e. The fraction of sp³-hybridized carbons (Fsp3) is 0.500. The minimum atomic E-state index is -0.573. The number of likely N-dealkylation sites (N-methyl/N-ethyl adjacent to an activating group) is 1. The molecule has 0 aliphatic carbocycles. The summed E-state index contributed by atoms with van der Waals surface area (Å²) in [7, 11) is 1.67. The Balaban J connectivity index is 1.94. The molecule has 1 aliphatic rings. The number of carbonyl (C=O) groups is 1. The third kappa shape index (κ3) is 3.69. The molecule has 0 spiro atoms. The summed E-state index contributed by atoms with van der Waals surface area (Å²) >= 11 is 5.91. The van der Waals surface area contributed by atoms with Gasteiger partial charge in [0.15, 0.2) is 0 Å². The predicted octanol–water partition coefficient (Wildman–Crippen LogP) is 1.46. The van der Waals surface area contributed by atoms with Crippen LogP contribution in [0.5, 0.6) is 0 Å². The van der Waals surface area contributed by atoms with Crippen molar-refractivity contribution in [3.63, 3.8) is 0 Å². The SMILES string of the molecule is CN(CCN1CCNCC1)C(=O)c1c(F)cccc1Cl. The van der Waals surface area contributed by atoms with Crippen molar-refractivity contribution in [2.45, 2.75) is 0 Å². The van der Waals surface area contributed by atoms with E-state index in [2.05, 4.69) is 10.2 Å². The molecule has 20 heavy (non-hydrogen) atoms. The summed E-state index contributed by atoms with van der Waals surface area (Å²) in [5, 5.41) is 3.43. The van der Waals surface area contributed by atoms with E-state index in [4.69, 9.17) is 11.6 Å². The third-order valence-corrected chi connectivity index (χ3v) is 3.80. The maximum atomic E-state index is 13.7. The second-order valence-corrected chi connectivity index (χ2v) is 5.32. The Morgan fingerprint density at radius 3 is 2.80 bits per heavy atom. The van der Waals surface area contributed by atoms with Gasteiger partial charge in [-0.2, -0.15) is 0 Å². The Kier molecular flexibility index (Phi) is 5.34. The molecule has 1 aliphatic heterocycles. The maximum absolute atomic E-state index is 13.7. The van der Waals surface area contributed by atoms with Crippen LogP contribution < -0.4 is 5.32 Å². The average molecular weight is 300 g/mol. The Morgan fingerprint density at radius 1 is 1.45 bits per heavy atom. The fourth-order valence-corrected chi connectivity index (χ4v) is 2.46. The van der Waals surface area contributed by atoms with E-state index in [-0.39, 0.29) is 16.5 Å². The lowest BCUT2D eigenvalue weighted by atomic mass is 10.2. The van der Waals surface area contributed by atoms with Crippen LogP contribution in [0.15, 0.2) is 18.2 Å². The number of benzene rings is 1. The first kappa shape index (κ1) is 15.2. The Morgan fingerprint density at radius 2 is 2.15 bits per heavy atom. The summed E-state index contributed by atoms with van der Waals surface area (Å²) in [6, 6.07) is 4.28. The largest absolute Gasteiger partial charge is 0.340 e. The highest BCUT2D eigenvalue weighted by atomic mass is 35.5. The van der Waals surface area contributed by atoms with E-state index in [1.807, 2.05) is 0 Å². The van der Waals surface area contributed by atoms with E-state index < -0.39 is 5.82 Å². The van der Waals surface area contributed by atoms with Gasteiger partial charge in [-0.05, 0) is 12.1 Å². The molecule has 110 valence electrons. The zero-order valence-corrected chi connectivity index (χ0v) is 12.3. The van der Waals surface area contributed by atoms with E-state index >= 15 is 0 Å². The first-order chi connectivity index (χ1) is 9.59. The van der Waals surface area contributed by atoms with E-state index in [0.29, 0.717) is 6.54 Å². The van der Waals surface area contributed by atoms with Crippen LogP contribution in [0.25, 0.3) is 0 Å². The van der Waals surface area contributed by atoms with Gasteiger partial charge in [0, 0.05) is 46.3 Å². The van der Waals surface area contributed by atoms with Crippen LogP contribution in [-0.4, -0.2) is 62.0 Å². The number of amides is 1. The Bertz CT molecular complexity index is 457. The molecule has 1 aromatic carbocycles. The molecule has 2 rings (SSSR count). The van der Waals surface area contributed by atoms with Crippen LogP contribution in [0.1, 0.15) is 10.4 Å². The van der Waals surface area contributed by atoms with Crippen LogP contribution in [0.4, 0.5) is 4.39 Å². The summed E-state index contributed by atoms with van der Waals surface area (Å²) in [6.45, 7) is 5.23. The number of piperazine rings is 1. The van der Waals surface area contributed by atoms with Gasteiger partial charge in [-0.25, -0.2) is 4.39 Å². The number of halogens is 2. The molecule has 0 saturated carbocycles. The smallest absolute Gasteiger partial charge is 0.258 e. The molecular formula is C14H19ClFN3O. The number of hydrogen-bond donors (Lipinski definition) is 1. The summed E-state index contributed by atoms with van der Waals surface area (Å²) in [4.78, 5) is 16.0. The molecule has 0 bridgehead atoms. The molecule has 0 radical (unpaired) electrons. The van der Waals surface area contributed by atoms with Gasteiger partial charge in [-0.3, -0.25) is 9.69 Å². The second-order valence-electron chi connectivity index (χ2n) is 4.92. The molecule has 0 atom stereocenters. The Labute approximate surface area is 123 Å². The summed E-state index contributed by atoms with van der Waals surface area (Å²) in [5.41, 5.74) is -0.0445. The highest BCUT2D eigenvalue weighted by molar-refractivity contribution is 6.33. The Hall–Kier alpha value is -1.17. The summed E-state index contributed by atoms with van der Waals surface area (Å²) < 4.78 is 13.7. The van der Waals surface area contributed by atoms with Crippen molar-refractivity contribution in [3.8, 4) is 0 Å². The first-order valence-electron chi connectivity index (χ1n) is 6.72. The van der Waals surface area contributed by atoms with Gasteiger partial charge >= 0.3 is 0 Å². The van der Waals surface area contributed by atoms with Crippen molar-refractivity contribution < 1.29 is 9.18 Å². The minimum absolute atomic E-state index is 0.0445.